The van der Waals surface area contributed by atoms with E-state index in [1.165, 1.54) is 12.7 Å². The number of terminal acetylenes is 1. The lowest BCUT2D eigenvalue weighted by Crippen LogP contribution is -2.54. The van der Waals surface area contributed by atoms with Gasteiger partial charge in [0.15, 0.2) is 5.78 Å². The summed E-state index contributed by atoms with van der Waals surface area (Å²) in [6.45, 7) is 4.63. The first-order valence-corrected chi connectivity index (χ1v) is 10.1. The molecule has 4 aliphatic rings. The molecule has 3 saturated carbocycles. The van der Waals surface area contributed by atoms with Gasteiger partial charge in [-0.2, -0.15) is 0 Å². The molecule has 140 valence electrons. The predicted octanol–water partition coefficient (Wildman–Crippen LogP) is 4.31. The molecule has 0 radical (unpaired) electrons. The van der Waals surface area contributed by atoms with E-state index in [1.54, 1.807) is 0 Å². The van der Waals surface area contributed by atoms with Crippen molar-refractivity contribution in [3.8, 4) is 12.3 Å². The average Bonchev–Trinajstić information content (AvgIpc) is 2.95. The van der Waals surface area contributed by atoms with Crippen molar-refractivity contribution in [3.63, 3.8) is 0 Å². The zero-order valence-electron chi connectivity index (χ0n) is 16.3. The van der Waals surface area contributed by atoms with Crippen molar-refractivity contribution in [2.45, 2.75) is 65.2 Å². The standard InChI is InChI=1S/C23H30O3/c1-5-23(20(25)26-4)13-10-19-17-7-6-15-14-16(24)8-11-21(15,2)18(17)9-12-22(19,23)3/h1,14,17-19H,6-13H2,2-4H3/t17-,18+,19+,21+,22+,23+/m0/s1. The number of hydrogen-bond acceptors (Lipinski definition) is 3. The first-order valence-electron chi connectivity index (χ1n) is 10.1. The quantitative estimate of drug-likeness (QED) is 0.520. The minimum absolute atomic E-state index is 0.158. The molecule has 3 heteroatoms. The normalized spacial score (nSPS) is 47.1. The molecule has 0 aromatic carbocycles. The second kappa shape index (κ2) is 5.72. The van der Waals surface area contributed by atoms with Crippen molar-refractivity contribution in [1.29, 1.82) is 0 Å². The van der Waals surface area contributed by atoms with Crippen LogP contribution in [0.2, 0.25) is 0 Å². The van der Waals surface area contributed by atoms with Crippen LogP contribution in [0.3, 0.4) is 0 Å². The summed E-state index contributed by atoms with van der Waals surface area (Å²) in [6, 6.07) is 0. The fourth-order valence-corrected chi connectivity index (χ4v) is 7.40. The lowest BCUT2D eigenvalue weighted by atomic mass is 9.45. The molecule has 26 heavy (non-hydrogen) atoms. The van der Waals surface area contributed by atoms with Gasteiger partial charge in [-0.15, -0.1) is 6.42 Å². The highest BCUT2D eigenvalue weighted by Crippen LogP contribution is 2.69. The Bertz CT molecular complexity index is 728. The molecule has 0 saturated heterocycles. The fraction of sp³-hybridized carbons (Fsp3) is 0.739. The van der Waals surface area contributed by atoms with Crippen LogP contribution in [-0.4, -0.2) is 18.9 Å². The molecule has 0 unspecified atom stereocenters. The molecule has 0 aromatic rings. The van der Waals surface area contributed by atoms with Crippen LogP contribution in [0.15, 0.2) is 11.6 Å². The van der Waals surface area contributed by atoms with Crippen molar-refractivity contribution in [2.75, 3.05) is 7.11 Å². The number of ether oxygens (including phenoxy) is 1. The zero-order valence-corrected chi connectivity index (χ0v) is 16.3. The highest BCUT2D eigenvalue weighted by Gasteiger charge is 2.66. The SMILES string of the molecule is C#C[C@]1(C(=O)OC)CC[C@@H]2[C@H]3CCC4=CC(=O)CC[C@@]4(C)[C@@H]3CC[C@]21C. The molecular formula is C23H30O3. The molecular weight excluding hydrogens is 324 g/mol. The van der Waals surface area contributed by atoms with Crippen LogP contribution in [0.4, 0.5) is 0 Å². The van der Waals surface area contributed by atoms with Crippen LogP contribution in [0, 0.1) is 46.3 Å². The van der Waals surface area contributed by atoms with E-state index in [1.807, 2.05) is 6.08 Å². The summed E-state index contributed by atoms with van der Waals surface area (Å²) < 4.78 is 5.17. The molecule has 0 N–H and O–H groups in total. The molecule has 0 amide bonds. The van der Waals surface area contributed by atoms with Gasteiger partial charge in [0.05, 0.1) is 7.11 Å². The number of fused-ring (bicyclic) bond motifs is 5. The van der Waals surface area contributed by atoms with Crippen LogP contribution >= 0.6 is 0 Å². The van der Waals surface area contributed by atoms with Crippen LogP contribution < -0.4 is 0 Å². The molecule has 3 fully saturated rings. The monoisotopic (exact) mass is 354 g/mol. The van der Waals surface area contributed by atoms with Crippen LogP contribution in [0.1, 0.15) is 65.2 Å². The first kappa shape index (κ1) is 17.8. The third-order valence-electron chi connectivity index (χ3n) is 8.94. The Balaban J connectivity index is 1.71. The summed E-state index contributed by atoms with van der Waals surface area (Å²) in [7, 11) is 1.46. The number of methoxy groups -OCH3 is 1. The smallest absolute Gasteiger partial charge is 0.324 e. The van der Waals surface area contributed by atoms with E-state index in [-0.39, 0.29) is 16.8 Å². The molecule has 0 bridgehead atoms. The second-order valence-corrected chi connectivity index (χ2v) is 9.50. The van der Waals surface area contributed by atoms with Crippen molar-refractivity contribution in [3.05, 3.63) is 11.6 Å². The Morgan fingerprint density at radius 1 is 1.15 bits per heavy atom. The summed E-state index contributed by atoms with van der Waals surface area (Å²) in [6.07, 6.45) is 15.6. The minimum atomic E-state index is -0.767. The van der Waals surface area contributed by atoms with Crippen molar-refractivity contribution in [2.24, 2.45) is 34.0 Å². The van der Waals surface area contributed by atoms with Gasteiger partial charge >= 0.3 is 5.97 Å². The van der Waals surface area contributed by atoms with Crippen molar-refractivity contribution < 1.29 is 14.3 Å². The van der Waals surface area contributed by atoms with Gasteiger partial charge in [-0.05, 0) is 79.6 Å². The van der Waals surface area contributed by atoms with Crippen LogP contribution in [-0.2, 0) is 14.3 Å². The third kappa shape index (κ3) is 2.02. The molecule has 0 aliphatic heterocycles. The van der Waals surface area contributed by atoms with Crippen LogP contribution in [0.25, 0.3) is 0 Å². The second-order valence-electron chi connectivity index (χ2n) is 9.50. The van der Waals surface area contributed by atoms with Gasteiger partial charge in [0, 0.05) is 6.42 Å². The minimum Gasteiger partial charge on any atom is -0.468 e. The van der Waals surface area contributed by atoms with E-state index >= 15 is 0 Å². The fourth-order valence-electron chi connectivity index (χ4n) is 7.40. The lowest BCUT2D eigenvalue weighted by Gasteiger charge is -2.58. The van der Waals surface area contributed by atoms with Crippen molar-refractivity contribution >= 4 is 11.8 Å². The predicted molar refractivity (Wildman–Crippen MR) is 100.0 cm³/mol. The number of rotatable bonds is 1. The number of hydrogen-bond donors (Lipinski definition) is 0. The Hall–Kier alpha value is -1.56. The van der Waals surface area contributed by atoms with Gasteiger partial charge in [-0.1, -0.05) is 25.3 Å². The van der Waals surface area contributed by atoms with Gasteiger partial charge in [-0.3, -0.25) is 9.59 Å². The van der Waals surface area contributed by atoms with E-state index in [9.17, 15) is 9.59 Å². The molecule has 4 aliphatic carbocycles. The maximum Gasteiger partial charge on any atom is 0.324 e. The molecule has 4 rings (SSSR count). The van der Waals surface area contributed by atoms with Gasteiger partial charge in [0.2, 0.25) is 0 Å². The maximum absolute atomic E-state index is 12.7. The van der Waals surface area contributed by atoms with Crippen LogP contribution in [0.5, 0.6) is 0 Å². The summed E-state index contributed by atoms with van der Waals surface area (Å²) in [4.78, 5) is 24.6. The van der Waals surface area contributed by atoms with E-state index in [4.69, 9.17) is 11.2 Å². The maximum atomic E-state index is 12.7. The van der Waals surface area contributed by atoms with Crippen molar-refractivity contribution in [1.82, 2.24) is 0 Å². The first-order chi connectivity index (χ1) is 12.3. The number of carbonyl (C=O) groups is 2. The average molecular weight is 354 g/mol. The highest BCUT2D eigenvalue weighted by molar-refractivity contribution is 5.91. The van der Waals surface area contributed by atoms with E-state index < -0.39 is 5.41 Å². The van der Waals surface area contributed by atoms with Gasteiger partial charge in [-0.25, -0.2) is 0 Å². The molecule has 6 atom stereocenters. The lowest BCUT2D eigenvalue weighted by molar-refractivity contribution is -0.160. The zero-order chi connectivity index (χ0) is 18.7. The summed E-state index contributed by atoms with van der Waals surface area (Å²) in [5, 5.41) is 0. The topological polar surface area (TPSA) is 43.4 Å². The van der Waals surface area contributed by atoms with E-state index in [2.05, 4.69) is 19.8 Å². The summed E-state index contributed by atoms with van der Waals surface area (Å²) in [5.41, 5.74) is 0.604. The van der Waals surface area contributed by atoms with Gasteiger partial charge in [0.25, 0.3) is 0 Å². The Labute approximate surface area is 156 Å². The summed E-state index contributed by atoms with van der Waals surface area (Å²) in [5.74, 6) is 4.68. The van der Waals surface area contributed by atoms with E-state index in [0.717, 1.165) is 44.9 Å². The number of esters is 1. The Kier molecular flexibility index (Phi) is 3.92. The van der Waals surface area contributed by atoms with Gasteiger partial charge < -0.3 is 4.74 Å². The largest absolute Gasteiger partial charge is 0.468 e. The number of carbonyl (C=O) groups excluding carboxylic acids is 2. The molecule has 0 spiro atoms. The Morgan fingerprint density at radius 3 is 2.58 bits per heavy atom. The highest BCUT2D eigenvalue weighted by atomic mass is 16.5. The third-order valence-corrected chi connectivity index (χ3v) is 8.94. The molecule has 3 nitrogen and oxygen atoms in total. The van der Waals surface area contributed by atoms with Gasteiger partial charge in [0.1, 0.15) is 5.41 Å². The molecule has 0 aromatic heterocycles. The number of ketones is 1. The number of allylic oxidation sites excluding steroid dienone is 1. The van der Waals surface area contributed by atoms with E-state index in [0.29, 0.717) is 30.0 Å². The molecule has 0 heterocycles. The summed E-state index contributed by atoms with van der Waals surface area (Å²) >= 11 is 0. The Morgan fingerprint density at radius 2 is 1.88 bits per heavy atom.